The Kier molecular flexibility index (Phi) is 5.20. The minimum atomic E-state index is -1.19. The van der Waals surface area contributed by atoms with E-state index in [0.717, 1.165) is 4.90 Å². The first-order valence-electron chi connectivity index (χ1n) is 8.19. The monoisotopic (exact) mass is 411 g/mol. The summed E-state index contributed by atoms with van der Waals surface area (Å²) in [5.74, 6) is -2.72. The number of benzene rings is 2. The van der Waals surface area contributed by atoms with E-state index < -0.39 is 22.7 Å². The maximum Gasteiger partial charge on any atom is 0.335 e. The molecule has 1 fully saturated rings. The first kappa shape index (κ1) is 19.8. The Bertz CT molecular complexity index is 1120. The van der Waals surface area contributed by atoms with Crippen LogP contribution in [-0.4, -0.2) is 32.9 Å². The summed E-state index contributed by atoms with van der Waals surface area (Å²) in [7, 11) is 0. The fourth-order valence-corrected chi connectivity index (χ4v) is 3.03. The highest BCUT2D eigenvalue weighted by molar-refractivity contribution is 7.80. The van der Waals surface area contributed by atoms with Gasteiger partial charge in [0.1, 0.15) is 5.57 Å². The van der Waals surface area contributed by atoms with Crippen LogP contribution in [0.1, 0.15) is 21.5 Å². The topological polar surface area (TPSA) is 130 Å². The molecule has 2 N–H and O–H groups in total. The highest BCUT2D eigenvalue weighted by Gasteiger charge is 2.34. The molecule has 0 spiro atoms. The Morgan fingerprint density at radius 1 is 1.24 bits per heavy atom. The molecule has 2 aromatic rings. The molecule has 0 radical (unpaired) electrons. The van der Waals surface area contributed by atoms with Crippen LogP contribution in [0.25, 0.3) is 6.08 Å². The summed E-state index contributed by atoms with van der Waals surface area (Å²) in [6.45, 7) is 1.57. The number of rotatable bonds is 4. The zero-order valence-corrected chi connectivity index (χ0v) is 15.7. The van der Waals surface area contributed by atoms with Crippen LogP contribution in [0.4, 0.5) is 11.4 Å². The highest BCUT2D eigenvalue weighted by Crippen LogP contribution is 2.25. The van der Waals surface area contributed by atoms with Gasteiger partial charge in [-0.3, -0.25) is 29.9 Å². The second-order valence-corrected chi connectivity index (χ2v) is 6.50. The van der Waals surface area contributed by atoms with Gasteiger partial charge in [-0.05, 0) is 49.0 Å². The smallest absolute Gasteiger partial charge is 0.335 e. The van der Waals surface area contributed by atoms with Gasteiger partial charge in [0, 0.05) is 11.6 Å². The van der Waals surface area contributed by atoms with Crippen molar-refractivity contribution >= 4 is 52.6 Å². The summed E-state index contributed by atoms with van der Waals surface area (Å²) in [6, 6.07) is 9.82. The van der Waals surface area contributed by atoms with Gasteiger partial charge in [0.2, 0.25) is 0 Å². The number of carboxylic acids is 1. The highest BCUT2D eigenvalue weighted by atomic mass is 32.1. The lowest BCUT2D eigenvalue weighted by atomic mass is 10.0. The van der Waals surface area contributed by atoms with E-state index in [9.17, 15) is 24.5 Å². The first-order valence-corrected chi connectivity index (χ1v) is 8.59. The van der Waals surface area contributed by atoms with Crippen LogP contribution in [0.3, 0.4) is 0 Å². The Morgan fingerprint density at radius 3 is 2.62 bits per heavy atom. The molecule has 10 heteroatoms. The minimum absolute atomic E-state index is 0.0605. The molecule has 1 heterocycles. The van der Waals surface area contributed by atoms with Gasteiger partial charge in [-0.2, -0.15) is 0 Å². The summed E-state index contributed by atoms with van der Waals surface area (Å²) in [4.78, 5) is 48.0. The fourth-order valence-electron chi connectivity index (χ4n) is 2.75. The second kappa shape index (κ2) is 7.60. The first-order chi connectivity index (χ1) is 13.7. The molecule has 3 rings (SSSR count). The second-order valence-electron chi connectivity index (χ2n) is 6.12. The lowest BCUT2D eigenvalue weighted by Gasteiger charge is -2.29. The zero-order chi connectivity index (χ0) is 21.3. The number of aromatic carboxylic acids is 1. The molecule has 1 saturated heterocycles. The SMILES string of the molecule is Cc1ccc(C=C2C(=O)NC(=S)N(c3cccc(C(=O)O)c3)C2=O)cc1[N+](=O)[O-]. The fraction of sp³-hybridized carbons (Fsp3) is 0.0526. The number of nitro benzene ring substituents is 1. The molecular weight excluding hydrogens is 398 g/mol. The normalized spacial score (nSPS) is 15.4. The molecule has 0 atom stereocenters. The van der Waals surface area contributed by atoms with E-state index in [1.54, 1.807) is 6.92 Å². The number of thiocarbonyl (C=S) groups is 1. The van der Waals surface area contributed by atoms with Crippen molar-refractivity contribution in [2.45, 2.75) is 6.92 Å². The molecule has 0 bridgehead atoms. The third-order valence-electron chi connectivity index (χ3n) is 4.19. The van der Waals surface area contributed by atoms with Gasteiger partial charge in [-0.1, -0.05) is 18.2 Å². The molecule has 2 aromatic carbocycles. The van der Waals surface area contributed by atoms with Gasteiger partial charge in [-0.25, -0.2) is 4.79 Å². The van der Waals surface area contributed by atoms with Crippen LogP contribution in [0, 0.1) is 17.0 Å². The van der Waals surface area contributed by atoms with Gasteiger partial charge in [0.05, 0.1) is 16.2 Å². The Morgan fingerprint density at radius 2 is 1.97 bits per heavy atom. The average molecular weight is 411 g/mol. The predicted molar refractivity (Wildman–Crippen MR) is 107 cm³/mol. The molecule has 9 nitrogen and oxygen atoms in total. The number of nitro groups is 1. The van der Waals surface area contributed by atoms with Crippen molar-refractivity contribution in [3.63, 3.8) is 0 Å². The van der Waals surface area contributed by atoms with Gasteiger partial charge < -0.3 is 5.11 Å². The zero-order valence-electron chi connectivity index (χ0n) is 14.9. The minimum Gasteiger partial charge on any atom is -0.478 e. The van der Waals surface area contributed by atoms with Crippen LogP contribution in [0.15, 0.2) is 48.0 Å². The third-order valence-corrected chi connectivity index (χ3v) is 4.48. The Labute approximate surface area is 169 Å². The van der Waals surface area contributed by atoms with Crippen molar-refractivity contribution < 1.29 is 24.4 Å². The Hall–Kier alpha value is -3.92. The molecule has 0 aromatic heterocycles. The number of nitrogens with zero attached hydrogens (tertiary/aromatic N) is 2. The molecule has 0 aliphatic carbocycles. The van der Waals surface area contributed by atoms with Crippen LogP contribution in [0.5, 0.6) is 0 Å². The van der Waals surface area contributed by atoms with E-state index in [-0.39, 0.29) is 33.2 Å². The van der Waals surface area contributed by atoms with E-state index in [2.05, 4.69) is 5.32 Å². The molecule has 2 amide bonds. The van der Waals surface area contributed by atoms with Gasteiger partial charge >= 0.3 is 5.97 Å². The van der Waals surface area contributed by atoms with Crippen molar-refractivity contribution in [1.82, 2.24) is 5.32 Å². The predicted octanol–water partition coefficient (Wildman–Crippen LogP) is 2.43. The van der Waals surface area contributed by atoms with Crippen LogP contribution in [0.2, 0.25) is 0 Å². The van der Waals surface area contributed by atoms with E-state index in [0.29, 0.717) is 5.56 Å². The van der Waals surface area contributed by atoms with E-state index in [4.69, 9.17) is 17.3 Å². The van der Waals surface area contributed by atoms with Gasteiger partial charge in [0.25, 0.3) is 17.5 Å². The van der Waals surface area contributed by atoms with Crippen molar-refractivity contribution in [3.8, 4) is 0 Å². The van der Waals surface area contributed by atoms with Crippen molar-refractivity contribution in [3.05, 3.63) is 74.8 Å². The summed E-state index contributed by atoms with van der Waals surface area (Å²) >= 11 is 5.07. The maximum absolute atomic E-state index is 12.9. The lowest BCUT2D eigenvalue weighted by Crippen LogP contribution is -2.54. The number of hydrogen-bond donors (Lipinski definition) is 2. The van der Waals surface area contributed by atoms with E-state index >= 15 is 0 Å². The van der Waals surface area contributed by atoms with Gasteiger partial charge in [0.15, 0.2) is 5.11 Å². The largest absolute Gasteiger partial charge is 0.478 e. The van der Waals surface area contributed by atoms with Crippen molar-refractivity contribution in [2.24, 2.45) is 0 Å². The van der Waals surface area contributed by atoms with Crippen LogP contribution < -0.4 is 10.2 Å². The summed E-state index contributed by atoms with van der Waals surface area (Å²) in [5, 5.41) is 22.5. The number of carboxylic acid groups (broad SMARTS) is 1. The average Bonchev–Trinajstić information content (AvgIpc) is 2.66. The summed E-state index contributed by atoms with van der Waals surface area (Å²) in [6.07, 6.45) is 1.22. The molecule has 0 unspecified atom stereocenters. The number of anilines is 1. The number of aryl methyl sites for hydroxylation is 1. The quantitative estimate of drug-likeness (QED) is 0.260. The number of nitrogens with one attached hydrogen (secondary N) is 1. The third kappa shape index (κ3) is 3.87. The molecule has 146 valence electrons. The molecule has 1 aliphatic heterocycles. The number of hydrogen-bond acceptors (Lipinski definition) is 6. The van der Waals surface area contributed by atoms with E-state index in [1.165, 1.54) is 48.5 Å². The van der Waals surface area contributed by atoms with E-state index in [1.807, 2.05) is 0 Å². The van der Waals surface area contributed by atoms with Crippen molar-refractivity contribution in [2.75, 3.05) is 4.90 Å². The molecule has 0 saturated carbocycles. The van der Waals surface area contributed by atoms with Crippen LogP contribution >= 0.6 is 12.2 Å². The number of amides is 2. The standard InChI is InChI=1S/C19H13N3O6S/c1-10-5-6-11(8-15(10)22(27)28)7-14-16(23)20-19(29)21(17(14)24)13-4-2-3-12(9-13)18(25)26/h2-9H,1H3,(H,25,26)(H,20,23,29). The lowest BCUT2D eigenvalue weighted by molar-refractivity contribution is -0.385. The number of carbonyl (C=O) groups is 3. The molecule has 1 aliphatic rings. The van der Waals surface area contributed by atoms with Gasteiger partial charge in [-0.15, -0.1) is 0 Å². The summed E-state index contributed by atoms with van der Waals surface area (Å²) < 4.78 is 0. The molecule has 29 heavy (non-hydrogen) atoms. The van der Waals surface area contributed by atoms with Crippen molar-refractivity contribution in [1.29, 1.82) is 0 Å². The molecular formula is C19H13N3O6S. The Balaban J connectivity index is 2.05. The summed E-state index contributed by atoms with van der Waals surface area (Å²) in [5.41, 5.74) is 0.384. The van der Waals surface area contributed by atoms with Crippen LogP contribution in [-0.2, 0) is 9.59 Å². The number of carbonyl (C=O) groups excluding carboxylic acids is 2. The maximum atomic E-state index is 12.9.